The summed E-state index contributed by atoms with van der Waals surface area (Å²) < 4.78 is 26.1. The second-order valence-electron chi connectivity index (χ2n) is 9.41. The van der Waals surface area contributed by atoms with Gasteiger partial charge in [-0.05, 0) is 90.0 Å². The van der Waals surface area contributed by atoms with Crippen molar-refractivity contribution in [1.29, 1.82) is 0 Å². The van der Waals surface area contributed by atoms with Crippen molar-refractivity contribution in [3.8, 4) is 11.5 Å². The highest BCUT2D eigenvalue weighted by molar-refractivity contribution is 9.10. The molecule has 1 heterocycles. The molecule has 1 aliphatic heterocycles. The molecule has 1 N–H and O–H groups in total. The maximum atomic E-state index is 13.7. The van der Waals surface area contributed by atoms with E-state index in [1.165, 1.54) is 36.0 Å². The highest BCUT2D eigenvalue weighted by Crippen LogP contribution is 2.39. The summed E-state index contributed by atoms with van der Waals surface area (Å²) in [4.78, 5) is 31.8. The van der Waals surface area contributed by atoms with E-state index in [-0.39, 0.29) is 30.4 Å². The number of hydrogen-bond acceptors (Lipinski definition) is 6. The third-order valence-electron chi connectivity index (χ3n) is 6.34. The Hall–Kier alpha value is -4.41. The van der Waals surface area contributed by atoms with E-state index >= 15 is 0 Å². The molecule has 0 bridgehead atoms. The molecule has 1 amide bonds. The van der Waals surface area contributed by atoms with Crippen molar-refractivity contribution in [3.63, 3.8) is 0 Å². The molecule has 0 saturated carbocycles. The van der Waals surface area contributed by atoms with Gasteiger partial charge in [-0.25, -0.2) is 14.2 Å². The molecule has 7 nitrogen and oxygen atoms in total. The van der Waals surface area contributed by atoms with Crippen molar-refractivity contribution in [2.45, 2.75) is 20.1 Å². The summed E-state index contributed by atoms with van der Waals surface area (Å²) in [5.41, 5.74) is 3.01. The Bertz CT molecular complexity index is 1710. The zero-order valence-corrected chi connectivity index (χ0v) is 25.4. The number of amidine groups is 1. The molecule has 4 aromatic carbocycles. The van der Waals surface area contributed by atoms with E-state index in [1.807, 2.05) is 37.3 Å². The molecule has 10 heteroatoms. The van der Waals surface area contributed by atoms with E-state index in [2.05, 4.69) is 15.9 Å². The molecular weight excluding hydrogens is 635 g/mol. The first kappa shape index (κ1) is 30.1. The van der Waals surface area contributed by atoms with Gasteiger partial charge in [-0.2, -0.15) is 0 Å². The summed E-state index contributed by atoms with van der Waals surface area (Å²) in [5.74, 6) is -0.632. The zero-order valence-electron chi connectivity index (χ0n) is 23.0. The van der Waals surface area contributed by atoms with Gasteiger partial charge in [0, 0.05) is 4.47 Å². The van der Waals surface area contributed by atoms with Crippen molar-refractivity contribution in [2.24, 2.45) is 4.99 Å². The Balaban J connectivity index is 1.45. The Labute approximate surface area is 260 Å². The van der Waals surface area contributed by atoms with Crippen LogP contribution in [0, 0.1) is 5.82 Å². The van der Waals surface area contributed by atoms with E-state index in [9.17, 15) is 19.1 Å². The Morgan fingerprint density at radius 1 is 0.977 bits per heavy atom. The van der Waals surface area contributed by atoms with E-state index in [0.29, 0.717) is 49.5 Å². The lowest BCUT2D eigenvalue weighted by molar-refractivity contribution is -0.122. The fourth-order valence-electron chi connectivity index (χ4n) is 4.25. The number of ether oxygens (including phenoxy) is 2. The number of carbonyl (C=O) groups is 2. The molecule has 4 aromatic rings. The number of aliphatic imine (C=N–C) groups is 1. The van der Waals surface area contributed by atoms with Gasteiger partial charge in [-0.3, -0.25) is 9.69 Å². The molecule has 0 unspecified atom stereocenters. The quantitative estimate of drug-likeness (QED) is 0.173. The number of carboxylic acid groups (broad SMARTS) is 1. The maximum Gasteiger partial charge on any atom is 0.335 e. The number of carbonyl (C=O) groups excluding carboxylic acids is 1. The minimum Gasteiger partial charge on any atom is -0.490 e. The molecule has 0 aliphatic carbocycles. The number of halogens is 2. The SMILES string of the molecule is CCOc1cc(/C=C2\SC(=Nc3ccccc3)N(Cc3ccc(C(=O)O)cc3)C2=O)c(Br)cc1OCc1cccc(F)c1. The van der Waals surface area contributed by atoms with Crippen LogP contribution >= 0.6 is 27.7 Å². The average Bonchev–Trinajstić information content (AvgIpc) is 3.27. The van der Waals surface area contributed by atoms with Crippen LogP contribution in [0.5, 0.6) is 11.5 Å². The molecular formula is C33H26BrFN2O5S. The highest BCUT2D eigenvalue weighted by atomic mass is 79.9. The summed E-state index contributed by atoms with van der Waals surface area (Å²) in [5, 5.41) is 9.74. The summed E-state index contributed by atoms with van der Waals surface area (Å²) in [7, 11) is 0. The van der Waals surface area contributed by atoms with Crippen LogP contribution in [-0.4, -0.2) is 33.7 Å². The van der Waals surface area contributed by atoms with Crippen LogP contribution in [0.15, 0.2) is 105 Å². The average molecular weight is 662 g/mol. The van der Waals surface area contributed by atoms with Crippen LogP contribution in [0.1, 0.15) is 34.0 Å². The lowest BCUT2D eigenvalue weighted by Crippen LogP contribution is -2.28. The van der Waals surface area contributed by atoms with Crippen molar-refractivity contribution < 1.29 is 28.6 Å². The summed E-state index contributed by atoms with van der Waals surface area (Å²) in [6.07, 6.45) is 1.77. The van der Waals surface area contributed by atoms with E-state index in [4.69, 9.17) is 14.5 Å². The first-order valence-electron chi connectivity index (χ1n) is 13.3. The third-order valence-corrected chi connectivity index (χ3v) is 8.04. The minimum atomic E-state index is -1.02. The largest absolute Gasteiger partial charge is 0.490 e. The third kappa shape index (κ3) is 7.52. The van der Waals surface area contributed by atoms with Gasteiger partial charge < -0.3 is 14.6 Å². The van der Waals surface area contributed by atoms with E-state index < -0.39 is 5.97 Å². The summed E-state index contributed by atoms with van der Waals surface area (Å²) in [6, 6.07) is 25.5. The predicted octanol–water partition coefficient (Wildman–Crippen LogP) is 8.07. The highest BCUT2D eigenvalue weighted by Gasteiger charge is 2.34. The van der Waals surface area contributed by atoms with Gasteiger partial charge in [0.25, 0.3) is 5.91 Å². The van der Waals surface area contributed by atoms with E-state index in [0.717, 1.165) is 5.56 Å². The molecule has 1 saturated heterocycles. The van der Waals surface area contributed by atoms with Gasteiger partial charge in [0.2, 0.25) is 0 Å². The van der Waals surface area contributed by atoms with Gasteiger partial charge >= 0.3 is 5.97 Å². The molecule has 1 aliphatic rings. The second-order valence-corrected chi connectivity index (χ2v) is 11.3. The molecule has 218 valence electrons. The topological polar surface area (TPSA) is 88.4 Å². The number of rotatable bonds is 10. The van der Waals surface area contributed by atoms with Gasteiger partial charge in [-0.15, -0.1) is 0 Å². The molecule has 5 rings (SSSR count). The van der Waals surface area contributed by atoms with Gasteiger partial charge in [-0.1, -0.05) is 58.4 Å². The fourth-order valence-corrected chi connectivity index (χ4v) is 5.68. The Kier molecular flexibility index (Phi) is 9.58. The van der Waals surface area contributed by atoms with Crippen molar-refractivity contribution in [1.82, 2.24) is 4.90 Å². The lowest BCUT2D eigenvalue weighted by Gasteiger charge is -2.16. The van der Waals surface area contributed by atoms with Gasteiger partial charge in [0.15, 0.2) is 16.7 Å². The number of nitrogens with zero attached hydrogens (tertiary/aromatic N) is 2. The molecule has 43 heavy (non-hydrogen) atoms. The molecule has 0 spiro atoms. The lowest BCUT2D eigenvalue weighted by atomic mass is 10.1. The van der Waals surface area contributed by atoms with Crippen LogP contribution in [0.4, 0.5) is 10.1 Å². The molecule has 0 atom stereocenters. The van der Waals surface area contributed by atoms with Crippen LogP contribution < -0.4 is 9.47 Å². The Morgan fingerprint density at radius 3 is 2.42 bits per heavy atom. The Morgan fingerprint density at radius 2 is 1.72 bits per heavy atom. The number of para-hydroxylation sites is 1. The van der Waals surface area contributed by atoms with Gasteiger partial charge in [0.1, 0.15) is 12.4 Å². The number of hydrogen-bond donors (Lipinski definition) is 1. The van der Waals surface area contributed by atoms with E-state index in [1.54, 1.807) is 47.4 Å². The number of carboxylic acids is 1. The van der Waals surface area contributed by atoms with Crippen molar-refractivity contribution >= 4 is 56.5 Å². The van der Waals surface area contributed by atoms with Crippen molar-refractivity contribution in [3.05, 3.63) is 128 Å². The summed E-state index contributed by atoms with van der Waals surface area (Å²) in [6.45, 7) is 2.62. The maximum absolute atomic E-state index is 13.7. The van der Waals surface area contributed by atoms with Crippen LogP contribution in [0.25, 0.3) is 6.08 Å². The monoisotopic (exact) mass is 660 g/mol. The zero-order chi connectivity index (χ0) is 30.3. The smallest absolute Gasteiger partial charge is 0.335 e. The van der Waals surface area contributed by atoms with Crippen molar-refractivity contribution in [2.75, 3.05) is 6.61 Å². The fraction of sp³-hybridized carbons (Fsp3) is 0.121. The molecule has 0 aromatic heterocycles. The first-order valence-corrected chi connectivity index (χ1v) is 14.9. The van der Waals surface area contributed by atoms with Gasteiger partial charge in [0.05, 0.1) is 29.3 Å². The number of aromatic carboxylic acids is 1. The molecule has 0 radical (unpaired) electrons. The van der Waals surface area contributed by atoms with Crippen LogP contribution in [0.2, 0.25) is 0 Å². The standard InChI is InChI=1S/C33H26BrFN2O5S/c1-2-41-28-16-24(27(34)18-29(28)42-20-22-7-6-8-25(35)15-22)17-30-31(38)37(19-21-11-13-23(14-12-21)32(39)40)33(43-30)36-26-9-4-3-5-10-26/h3-18H,2,19-20H2,1H3,(H,39,40)/b30-17-,36-33?. The second kappa shape index (κ2) is 13.7. The number of benzene rings is 4. The normalized spacial score (nSPS) is 14.9. The predicted molar refractivity (Wildman–Crippen MR) is 169 cm³/mol. The minimum absolute atomic E-state index is 0.154. The summed E-state index contributed by atoms with van der Waals surface area (Å²) >= 11 is 4.85. The number of amides is 1. The van der Waals surface area contributed by atoms with Crippen LogP contribution in [-0.2, 0) is 17.9 Å². The molecule has 1 fully saturated rings. The number of thioether (sulfide) groups is 1. The first-order chi connectivity index (χ1) is 20.8. The van der Waals surface area contributed by atoms with Crippen LogP contribution in [0.3, 0.4) is 0 Å².